The average Bonchev–Trinajstić information content (AvgIpc) is 1.77. The Kier molecular flexibility index (Phi) is 1.71. The Morgan fingerprint density at radius 3 is 2.50 bits per heavy atom. The number of pyridine rings is 1. The van der Waals surface area contributed by atoms with Gasteiger partial charge in [0.1, 0.15) is 0 Å². The van der Waals surface area contributed by atoms with Crippen LogP contribution in [0.1, 0.15) is 0 Å². The molecule has 1 aromatic heterocycles. The van der Waals surface area contributed by atoms with Gasteiger partial charge in [-0.2, -0.15) is 0 Å². The first-order valence-corrected chi connectivity index (χ1v) is 2.84. The molecule has 0 saturated carbocycles. The van der Waals surface area contributed by atoms with Crippen molar-refractivity contribution in [1.29, 1.82) is 0 Å². The molecular formula is C5H4Cl2N+. The zero-order valence-corrected chi connectivity index (χ0v) is 5.52. The molecule has 0 aliphatic heterocycles. The van der Waals surface area contributed by atoms with E-state index in [1.54, 1.807) is 18.3 Å². The van der Waals surface area contributed by atoms with Crippen LogP contribution < -0.4 is 4.09 Å². The Bertz CT molecular complexity index is 167. The van der Waals surface area contributed by atoms with Crippen LogP contribution in [0.15, 0.2) is 24.4 Å². The quantitative estimate of drug-likeness (QED) is 0.493. The van der Waals surface area contributed by atoms with Crippen LogP contribution in [-0.4, -0.2) is 0 Å². The molecule has 0 aromatic carbocycles. The second kappa shape index (κ2) is 2.33. The van der Waals surface area contributed by atoms with Gasteiger partial charge in [-0.15, -0.1) is 0 Å². The minimum atomic E-state index is 0.522. The molecule has 1 heterocycles. The zero-order chi connectivity index (χ0) is 5.98. The van der Waals surface area contributed by atoms with E-state index in [1.165, 1.54) is 4.09 Å². The Hall–Kier alpha value is -0.270. The van der Waals surface area contributed by atoms with Crippen LogP contribution in [0.5, 0.6) is 0 Å². The minimum Gasteiger partial charge on any atom is -0.0719 e. The zero-order valence-electron chi connectivity index (χ0n) is 4.01. The van der Waals surface area contributed by atoms with Gasteiger partial charge in [-0.1, -0.05) is 4.09 Å². The van der Waals surface area contributed by atoms with Crippen LogP contribution >= 0.6 is 23.4 Å². The van der Waals surface area contributed by atoms with Gasteiger partial charge in [-0.05, 0) is 17.7 Å². The summed E-state index contributed by atoms with van der Waals surface area (Å²) in [5, 5.41) is 0.522. The molecule has 1 aromatic rings. The first-order valence-electron chi connectivity index (χ1n) is 2.13. The molecule has 42 valence electrons. The molecular weight excluding hydrogens is 145 g/mol. The van der Waals surface area contributed by atoms with E-state index in [1.807, 2.05) is 6.07 Å². The predicted octanol–water partition coefficient (Wildman–Crippen LogP) is 1.63. The molecule has 0 amide bonds. The molecule has 3 heteroatoms. The van der Waals surface area contributed by atoms with Gasteiger partial charge in [0.05, 0.1) is 0 Å². The molecule has 0 saturated heterocycles. The molecule has 0 unspecified atom stereocenters. The van der Waals surface area contributed by atoms with Crippen LogP contribution in [0.4, 0.5) is 0 Å². The third-order valence-corrected chi connectivity index (χ3v) is 1.46. The fraction of sp³-hybridized carbons (Fsp3) is 0. The van der Waals surface area contributed by atoms with Crippen molar-refractivity contribution in [2.75, 3.05) is 0 Å². The summed E-state index contributed by atoms with van der Waals surface area (Å²) in [4.78, 5) is 0. The molecule has 1 nitrogen and oxygen atoms in total. The maximum Gasteiger partial charge on any atom is 0.295 e. The summed E-state index contributed by atoms with van der Waals surface area (Å²) in [5.74, 6) is 0. The van der Waals surface area contributed by atoms with E-state index in [4.69, 9.17) is 23.4 Å². The Balaban J connectivity index is 3.13. The summed E-state index contributed by atoms with van der Waals surface area (Å²) in [7, 11) is 0. The lowest BCUT2D eigenvalue weighted by molar-refractivity contribution is -0.516. The topological polar surface area (TPSA) is 3.88 Å². The Morgan fingerprint density at radius 1 is 1.38 bits per heavy atom. The lowest BCUT2D eigenvalue weighted by atomic mass is 10.5. The normalized spacial score (nSPS) is 9.25. The van der Waals surface area contributed by atoms with Crippen molar-refractivity contribution in [3.63, 3.8) is 0 Å². The van der Waals surface area contributed by atoms with Crippen molar-refractivity contribution < 1.29 is 4.09 Å². The highest BCUT2D eigenvalue weighted by Crippen LogP contribution is 1.98. The molecule has 0 fully saturated rings. The second-order valence-corrected chi connectivity index (χ2v) is 2.09. The fourth-order valence-corrected chi connectivity index (χ4v) is 0.653. The summed E-state index contributed by atoms with van der Waals surface area (Å²) >= 11 is 11.0. The molecule has 0 radical (unpaired) electrons. The summed E-state index contributed by atoms with van der Waals surface area (Å²) in [6.45, 7) is 0. The lowest BCUT2D eigenvalue weighted by Crippen LogP contribution is -2.19. The molecule has 1 rings (SSSR count). The number of aromatic nitrogens is 1. The van der Waals surface area contributed by atoms with Crippen molar-refractivity contribution >= 4 is 23.4 Å². The van der Waals surface area contributed by atoms with E-state index in [0.29, 0.717) is 5.15 Å². The molecule has 0 aliphatic carbocycles. The highest BCUT2D eigenvalue weighted by molar-refractivity contribution is 6.29. The van der Waals surface area contributed by atoms with E-state index in [2.05, 4.69) is 0 Å². The van der Waals surface area contributed by atoms with Crippen LogP contribution in [0, 0.1) is 0 Å². The fourth-order valence-electron chi connectivity index (χ4n) is 0.403. The molecule has 8 heavy (non-hydrogen) atoms. The number of hydrogen-bond donors (Lipinski definition) is 0. The first-order chi connectivity index (χ1) is 3.80. The van der Waals surface area contributed by atoms with Crippen LogP contribution in [0.2, 0.25) is 5.15 Å². The van der Waals surface area contributed by atoms with E-state index in [-0.39, 0.29) is 0 Å². The van der Waals surface area contributed by atoms with Gasteiger partial charge in [0, 0.05) is 12.1 Å². The van der Waals surface area contributed by atoms with Gasteiger partial charge in [0.15, 0.2) is 6.20 Å². The molecule has 0 atom stereocenters. The predicted molar refractivity (Wildman–Crippen MR) is 32.9 cm³/mol. The lowest BCUT2D eigenvalue weighted by Gasteiger charge is -1.79. The van der Waals surface area contributed by atoms with Crippen molar-refractivity contribution in [3.05, 3.63) is 29.5 Å². The summed E-state index contributed by atoms with van der Waals surface area (Å²) in [6, 6.07) is 5.34. The van der Waals surface area contributed by atoms with Gasteiger partial charge in [-0.25, -0.2) is 0 Å². The monoisotopic (exact) mass is 148 g/mol. The van der Waals surface area contributed by atoms with Crippen molar-refractivity contribution in [3.8, 4) is 0 Å². The summed E-state index contributed by atoms with van der Waals surface area (Å²) in [5.41, 5.74) is 0. The highest BCUT2D eigenvalue weighted by Gasteiger charge is 1.99. The van der Waals surface area contributed by atoms with Gasteiger partial charge >= 0.3 is 0 Å². The minimum absolute atomic E-state index is 0.522. The first kappa shape index (κ1) is 5.86. The average molecular weight is 149 g/mol. The van der Waals surface area contributed by atoms with Crippen LogP contribution in [0.3, 0.4) is 0 Å². The van der Waals surface area contributed by atoms with Crippen LogP contribution in [0.25, 0.3) is 0 Å². The highest BCUT2D eigenvalue weighted by atomic mass is 35.5. The van der Waals surface area contributed by atoms with Crippen molar-refractivity contribution in [2.24, 2.45) is 0 Å². The summed E-state index contributed by atoms with van der Waals surface area (Å²) in [6.07, 6.45) is 1.67. The van der Waals surface area contributed by atoms with E-state index < -0.39 is 0 Å². The summed E-state index contributed by atoms with van der Waals surface area (Å²) < 4.78 is 1.32. The van der Waals surface area contributed by atoms with E-state index in [0.717, 1.165) is 0 Å². The Morgan fingerprint density at radius 2 is 2.12 bits per heavy atom. The number of rotatable bonds is 0. The molecule has 0 bridgehead atoms. The third kappa shape index (κ3) is 1.11. The third-order valence-electron chi connectivity index (χ3n) is 0.766. The van der Waals surface area contributed by atoms with Gasteiger partial charge in [0.2, 0.25) is 0 Å². The van der Waals surface area contributed by atoms with Crippen LogP contribution in [-0.2, 0) is 0 Å². The smallest absolute Gasteiger partial charge is 0.0719 e. The molecule has 0 N–H and O–H groups in total. The largest absolute Gasteiger partial charge is 0.295 e. The number of halogens is 2. The van der Waals surface area contributed by atoms with Gasteiger partial charge in [0.25, 0.3) is 16.9 Å². The molecule has 0 spiro atoms. The van der Waals surface area contributed by atoms with Crippen molar-refractivity contribution in [2.45, 2.75) is 0 Å². The van der Waals surface area contributed by atoms with E-state index >= 15 is 0 Å². The molecule has 0 aliphatic rings. The Labute approximate surface area is 57.6 Å². The number of nitrogens with zero attached hydrogens (tertiary/aromatic N) is 1. The van der Waals surface area contributed by atoms with Gasteiger partial charge in [-0.3, -0.25) is 0 Å². The van der Waals surface area contributed by atoms with Gasteiger partial charge < -0.3 is 0 Å². The SMILES string of the molecule is Clc1cccc[n+]1Cl. The maximum absolute atomic E-state index is 5.54. The van der Waals surface area contributed by atoms with E-state index in [9.17, 15) is 0 Å². The standard InChI is InChI=1S/C5H4Cl2N/c6-5-3-1-2-4-8(5)7/h1-4H/q+1. The maximum atomic E-state index is 5.54. The van der Waals surface area contributed by atoms with Crippen molar-refractivity contribution in [1.82, 2.24) is 0 Å². The number of hydrogen-bond acceptors (Lipinski definition) is 0. The second-order valence-electron chi connectivity index (χ2n) is 1.33.